The molecule has 1 atom stereocenters. The molecule has 1 unspecified atom stereocenters. The second-order valence-electron chi connectivity index (χ2n) is 4.98. The topological polar surface area (TPSA) is 12.0 Å². The van der Waals surface area contributed by atoms with Gasteiger partial charge >= 0.3 is 0 Å². The summed E-state index contributed by atoms with van der Waals surface area (Å²) in [6, 6.07) is 1.53. The maximum atomic E-state index is 3.73. The monoisotopic (exact) mass is 197 g/mol. The van der Waals surface area contributed by atoms with E-state index in [1.54, 1.807) is 0 Å². The lowest BCUT2D eigenvalue weighted by molar-refractivity contribution is 0.264. The zero-order valence-electron chi connectivity index (χ0n) is 10.2. The van der Waals surface area contributed by atoms with Crippen molar-refractivity contribution < 1.29 is 0 Å². The molecule has 0 aromatic heterocycles. The molecule has 0 amide bonds. The van der Waals surface area contributed by atoms with Gasteiger partial charge in [-0.1, -0.05) is 26.7 Å². The van der Waals surface area contributed by atoms with E-state index in [9.17, 15) is 0 Å². The van der Waals surface area contributed by atoms with Crippen molar-refractivity contribution in [3.8, 4) is 0 Å². The van der Waals surface area contributed by atoms with Gasteiger partial charge in [-0.05, 0) is 44.9 Å². The summed E-state index contributed by atoms with van der Waals surface area (Å²) in [4.78, 5) is 0. The predicted octanol–water partition coefficient (Wildman–Crippen LogP) is 3.73. The second-order valence-corrected chi connectivity index (χ2v) is 4.98. The van der Waals surface area contributed by atoms with Gasteiger partial charge < -0.3 is 5.32 Å². The molecule has 1 rings (SSSR count). The van der Waals surface area contributed by atoms with Crippen LogP contribution in [0.5, 0.6) is 0 Å². The van der Waals surface area contributed by atoms with Crippen LogP contribution in [-0.4, -0.2) is 12.1 Å². The van der Waals surface area contributed by atoms with Crippen molar-refractivity contribution >= 4 is 0 Å². The molecule has 0 aliphatic heterocycles. The highest BCUT2D eigenvalue weighted by Gasteiger charge is 2.20. The SMILES string of the molecule is CCCC1CCC(NC(C)CC)CC1. The third-order valence-corrected chi connectivity index (χ3v) is 3.68. The van der Waals surface area contributed by atoms with Gasteiger partial charge in [-0.2, -0.15) is 0 Å². The third-order valence-electron chi connectivity index (χ3n) is 3.68. The maximum absolute atomic E-state index is 3.73. The van der Waals surface area contributed by atoms with Crippen LogP contribution in [0.1, 0.15) is 65.7 Å². The normalized spacial score (nSPS) is 30.2. The minimum absolute atomic E-state index is 0.711. The highest BCUT2D eigenvalue weighted by Crippen LogP contribution is 2.27. The number of hydrogen-bond acceptors (Lipinski definition) is 1. The van der Waals surface area contributed by atoms with E-state index in [2.05, 4.69) is 26.1 Å². The van der Waals surface area contributed by atoms with Crippen LogP contribution >= 0.6 is 0 Å². The summed E-state index contributed by atoms with van der Waals surface area (Å²) in [5, 5.41) is 3.73. The van der Waals surface area contributed by atoms with Crippen molar-refractivity contribution in [2.24, 2.45) is 5.92 Å². The number of hydrogen-bond donors (Lipinski definition) is 1. The molecule has 1 aliphatic rings. The molecule has 1 fully saturated rings. The summed E-state index contributed by atoms with van der Waals surface area (Å²) in [6.07, 6.45) is 9.83. The Kier molecular flexibility index (Phi) is 5.54. The molecule has 0 saturated heterocycles. The fourth-order valence-corrected chi connectivity index (χ4v) is 2.55. The van der Waals surface area contributed by atoms with Gasteiger partial charge in [0.25, 0.3) is 0 Å². The minimum atomic E-state index is 0.711. The Labute approximate surface area is 89.7 Å². The van der Waals surface area contributed by atoms with Crippen molar-refractivity contribution in [3.05, 3.63) is 0 Å². The van der Waals surface area contributed by atoms with E-state index in [0.717, 1.165) is 12.0 Å². The van der Waals surface area contributed by atoms with E-state index < -0.39 is 0 Å². The molecule has 1 aliphatic carbocycles. The van der Waals surface area contributed by atoms with Gasteiger partial charge in [0, 0.05) is 12.1 Å². The molecule has 0 heterocycles. The largest absolute Gasteiger partial charge is 0.312 e. The first-order valence-corrected chi connectivity index (χ1v) is 6.52. The molecular weight excluding hydrogens is 170 g/mol. The van der Waals surface area contributed by atoms with Crippen LogP contribution in [0, 0.1) is 5.92 Å². The van der Waals surface area contributed by atoms with E-state index in [4.69, 9.17) is 0 Å². The van der Waals surface area contributed by atoms with Crippen molar-refractivity contribution in [2.75, 3.05) is 0 Å². The first-order valence-electron chi connectivity index (χ1n) is 6.52. The highest BCUT2D eigenvalue weighted by atomic mass is 14.9. The molecule has 0 spiro atoms. The fraction of sp³-hybridized carbons (Fsp3) is 1.00. The third kappa shape index (κ3) is 4.00. The Bertz CT molecular complexity index is 136. The summed E-state index contributed by atoms with van der Waals surface area (Å²) in [5.41, 5.74) is 0. The van der Waals surface area contributed by atoms with Crippen molar-refractivity contribution in [3.63, 3.8) is 0 Å². The van der Waals surface area contributed by atoms with Gasteiger partial charge in [0.1, 0.15) is 0 Å². The van der Waals surface area contributed by atoms with Crippen LogP contribution in [0.3, 0.4) is 0 Å². The molecule has 0 radical (unpaired) electrons. The lowest BCUT2D eigenvalue weighted by Crippen LogP contribution is -2.38. The van der Waals surface area contributed by atoms with E-state index >= 15 is 0 Å². The predicted molar refractivity (Wildman–Crippen MR) is 63.5 cm³/mol. The van der Waals surface area contributed by atoms with E-state index in [0.29, 0.717) is 6.04 Å². The maximum Gasteiger partial charge on any atom is 0.00697 e. The van der Waals surface area contributed by atoms with Crippen LogP contribution in [0.25, 0.3) is 0 Å². The molecule has 0 aromatic rings. The molecular formula is C13H27N. The standard InChI is InChI=1S/C13H27N/c1-4-6-12-7-9-13(10-8-12)14-11(3)5-2/h11-14H,4-10H2,1-3H3. The summed E-state index contributed by atoms with van der Waals surface area (Å²) >= 11 is 0. The second kappa shape index (κ2) is 6.44. The van der Waals surface area contributed by atoms with Crippen LogP contribution < -0.4 is 5.32 Å². The average Bonchev–Trinajstić information content (AvgIpc) is 2.21. The Morgan fingerprint density at radius 2 is 1.79 bits per heavy atom. The molecule has 0 bridgehead atoms. The number of nitrogens with one attached hydrogen (secondary N) is 1. The molecule has 0 aromatic carbocycles. The van der Waals surface area contributed by atoms with Crippen LogP contribution in [0.15, 0.2) is 0 Å². The van der Waals surface area contributed by atoms with Gasteiger partial charge in [0.2, 0.25) is 0 Å². The Balaban J connectivity index is 2.15. The van der Waals surface area contributed by atoms with Crippen LogP contribution in [-0.2, 0) is 0 Å². The van der Waals surface area contributed by atoms with E-state index in [1.807, 2.05) is 0 Å². The molecule has 84 valence electrons. The summed E-state index contributed by atoms with van der Waals surface area (Å²) in [6.45, 7) is 6.88. The zero-order valence-corrected chi connectivity index (χ0v) is 10.2. The summed E-state index contributed by atoms with van der Waals surface area (Å²) in [5.74, 6) is 1.04. The summed E-state index contributed by atoms with van der Waals surface area (Å²) in [7, 11) is 0. The summed E-state index contributed by atoms with van der Waals surface area (Å²) < 4.78 is 0. The van der Waals surface area contributed by atoms with Gasteiger partial charge in [-0.25, -0.2) is 0 Å². The van der Waals surface area contributed by atoms with Crippen LogP contribution in [0.4, 0.5) is 0 Å². The number of rotatable bonds is 5. The quantitative estimate of drug-likeness (QED) is 0.708. The molecule has 1 nitrogen and oxygen atoms in total. The van der Waals surface area contributed by atoms with Crippen molar-refractivity contribution in [1.82, 2.24) is 5.32 Å². The van der Waals surface area contributed by atoms with Gasteiger partial charge in [-0.3, -0.25) is 0 Å². The van der Waals surface area contributed by atoms with Gasteiger partial charge in [-0.15, -0.1) is 0 Å². The first kappa shape index (κ1) is 12.0. The van der Waals surface area contributed by atoms with Crippen LogP contribution in [0.2, 0.25) is 0 Å². The van der Waals surface area contributed by atoms with Gasteiger partial charge in [0.15, 0.2) is 0 Å². The minimum Gasteiger partial charge on any atom is -0.312 e. The molecule has 1 saturated carbocycles. The fourth-order valence-electron chi connectivity index (χ4n) is 2.55. The van der Waals surface area contributed by atoms with E-state index in [-0.39, 0.29) is 0 Å². The van der Waals surface area contributed by atoms with Gasteiger partial charge in [0.05, 0.1) is 0 Å². The Morgan fingerprint density at radius 3 is 2.29 bits per heavy atom. The average molecular weight is 197 g/mol. The first-order chi connectivity index (χ1) is 6.76. The smallest absolute Gasteiger partial charge is 0.00697 e. The Hall–Kier alpha value is -0.0400. The molecule has 1 heteroatoms. The highest BCUT2D eigenvalue weighted by molar-refractivity contribution is 4.78. The van der Waals surface area contributed by atoms with Crippen molar-refractivity contribution in [1.29, 1.82) is 0 Å². The lowest BCUT2D eigenvalue weighted by atomic mass is 9.83. The zero-order chi connectivity index (χ0) is 10.4. The van der Waals surface area contributed by atoms with Crippen molar-refractivity contribution in [2.45, 2.75) is 77.8 Å². The lowest BCUT2D eigenvalue weighted by Gasteiger charge is -2.31. The Morgan fingerprint density at radius 1 is 1.14 bits per heavy atom. The molecule has 14 heavy (non-hydrogen) atoms. The van der Waals surface area contributed by atoms with E-state index in [1.165, 1.54) is 44.9 Å². The molecule has 1 N–H and O–H groups in total.